The first-order valence-corrected chi connectivity index (χ1v) is 17.7. The predicted molar refractivity (Wildman–Crippen MR) is 177 cm³/mol. The molecule has 4 unspecified atom stereocenters. The van der Waals surface area contributed by atoms with Crippen LogP contribution in [0.2, 0.25) is 0 Å². The van der Waals surface area contributed by atoms with E-state index in [1.165, 1.54) is 30.4 Å². The second-order valence-electron chi connectivity index (χ2n) is 16.3. The topological polar surface area (TPSA) is 87.7 Å². The number of amides is 1. The molecular weight excluding hydrogens is 598 g/mol. The van der Waals surface area contributed by atoms with Gasteiger partial charge in [0.05, 0.1) is 24.7 Å². The number of aliphatic hydroxyl groups is 1. The van der Waals surface area contributed by atoms with Gasteiger partial charge in [0.1, 0.15) is 11.6 Å². The molecule has 2 aromatic rings. The summed E-state index contributed by atoms with van der Waals surface area (Å²) in [5.74, 6) is -1.37. The third-order valence-electron chi connectivity index (χ3n) is 12.0. The van der Waals surface area contributed by atoms with Crippen molar-refractivity contribution >= 4 is 11.9 Å². The number of carbonyl (C=O) groups is 2. The predicted octanol–water partition coefficient (Wildman–Crippen LogP) is 6.72. The van der Waals surface area contributed by atoms with E-state index in [4.69, 9.17) is 4.74 Å². The van der Waals surface area contributed by atoms with E-state index in [0.717, 1.165) is 57.4 Å². The van der Waals surface area contributed by atoms with Gasteiger partial charge in [0.15, 0.2) is 0 Å². The number of methoxy groups -OCH3 is 1. The highest BCUT2D eigenvalue weighted by Gasteiger charge is 2.60. The number of rotatable bonds is 10. The molecule has 7 rings (SSSR count). The largest absolute Gasteiger partial charge is 0.469 e. The second kappa shape index (κ2) is 13.2. The fourth-order valence-electron chi connectivity index (χ4n) is 9.91. The maximum atomic E-state index is 14.3. The van der Waals surface area contributed by atoms with Crippen molar-refractivity contribution in [2.45, 2.75) is 114 Å². The molecule has 4 atom stereocenters. The van der Waals surface area contributed by atoms with Crippen LogP contribution in [0.15, 0.2) is 42.5 Å². The fourth-order valence-corrected chi connectivity index (χ4v) is 9.91. The normalized spacial score (nSPS) is 29.3. The molecule has 5 fully saturated rings. The Balaban J connectivity index is 1.23. The number of ether oxygens (including phenoxy) is 1. The minimum Gasteiger partial charge on any atom is -0.469 e. The van der Waals surface area contributed by atoms with Crippen LogP contribution in [0.5, 0.6) is 0 Å². The summed E-state index contributed by atoms with van der Waals surface area (Å²) in [6, 6.07) is 11.3. The average molecular weight is 651 g/mol. The van der Waals surface area contributed by atoms with Gasteiger partial charge in [0.25, 0.3) is 0 Å². The third kappa shape index (κ3) is 7.01. The molecule has 0 radical (unpaired) electrons. The van der Waals surface area contributed by atoms with E-state index in [1.807, 2.05) is 0 Å². The molecule has 5 saturated carbocycles. The Morgan fingerprint density at radius 2 is 1.64 bits per heavy atom. The van der Waals surface area contributed by atoms with E-state index in [0.29, 0.717) is 24.3 Å². The first-order chi connectivity index (χ1) is 22.3. The van der Waals surface area contributed by atoms with Crippen LogP contribution in [0, 0.1) is 40.7 Å². The summed E-state index contributed by atoms with van der Waals surface area (Å²) in [7, 11) is 1.44. The lowest BCUT2D eigenvalue weighted by atomic mass is 9.46. The summed E-state index contributed by atoms with van der Waals surface area (Å²) < 4.78 is 33.7. The molecule has 5 aliphatic carbocycles. The van der Waals surface area contributed by atoms with Gasteiger partial charge in [-0.2, -0.15) is 0 Å². The van der Waals surface area contributed by atoms with Crippen molar-refractivity contribution in [3.8, 4) is 0 Å². The van der Waals surface area contributed by atoms with E-state index in [1.54, 1.807) is 0 Å². The van der Waals surface area contributed by atoms with Crippen LogP contribution in [0.4, 0.5) is 8.78 Å². The van der Waals surface area contributed by atoms with Crippen molar-refractivity contribution in [1.82, 2.24) is 10.6 Å². The number of aliphatic hydroxyl groups excluding tert-OH is 1. The van der Waals surface area contributed by atoms with E-state index >= 15 is 0 Å². The Labute approximate surface area is 278 Å². The molecule has 256 valence electrons. The SMILES string of the molecule is COC(=O)C12CC3CC(C1)C(C(=O)NC(Cc1cc(F)cc(F)c1)C(O)CNC1(c4cccc(C(C)(C)C)c4)CCCCC1)C(C3)C2. The highest BCUT2D eigenvalue weighted by atomic mass is 19.1. The molecule has 0 aromatic heterocycles. The van der Waals surface area contributed by atoms with E-state index in [-0.39, 0.29) is 53.5 Å². The van der Waals surface area contributed by atoms with Gasteiger partial charge in [0.2, 0.25) is 5.91 Å². The number of carbonyl (C=O) groups excluding carboxylic acids is 2. The van der Waals surface area contributed by atoms with Crippen LogP contribution in [0.1, 0.15) is 102 Å². The number of hydrogen-bond donors (Lipinski definition) is 3. The van der Waals surface area contributed by atoms with Crippen LogP contribution in [-0.4, -0.2) is 42.8 Å². The molecule has 2 aromatic carbocycles. The maximum Gasteiger partial charge on any atom is 0.311 e. The van der Waals surface area contributed by atoms with E-state index in [9.17, 15) is 23.5 Å². The van der Waals surface area contributed by atoms with E-state index < -0.39 is 29.2 Å². The molecule has 5 aliphatic rings. The van der Waals surface area contributed by atoms with Gasteiger partial charge in [-0.25, -0.2) is 8.78 Å². The Hall–Kier alpha value is -2.84. The number of nitrogens with one attached hydrogen (secondary N) is 2. The van der Waals surface area contributed by atoms with Crippen molar-refractivity contribution in [2.75, 3.05) is 13.7 Å². The van der Waals surface area contributed by atoms with Crippen molar-refractivity contribution in [2.24, 2.45) is 29.1 Å². The first kappa shape index (κ1) is 34.0. The average Bonchev–Trinajstić information content (AvgIpc) is 3.02. The molecule has 0 spiro atoms. The summed E-state index contributed by atoms with van der Waals surface area (Å²) in [6.45, 7) is 6.84. The van der Waals surface area contributed by atoms with Crippen LogP contribution >= 0.6 is 0 Å². The molecule has 3 N–H and O–H groups in total. The van der Waals surface area contributed by atoms with E-state index in [2.05, 4.69) is 55.7 Å². The molecule has 0 saturated heterocycles. The highest BCUT2D eigenvalue weighted by Crippen LogP contribution is 2.62. The molecule has 4 bridgehead atoms. The van der Waals surface area contributed by atoms with Crippen molar-refractivity contribution in [1.29, 1.82) is 0 Å². The lowest BCUT2D eigenvalue weighted by Crippen LogP contribution is -2.60. The summed E-state index contributed by atoms with van der Waals surface area (Å²) >= 11 is 0. The van der Waals surface area contributed by atoms with Crippen LogP contribution in [-0.2, 0) is 31.7 Å². The van der Waals surface area contributed by atoms with Gasteiger partial charge < -0.3 is 20.5 Å². The summed E-state index contributed by atoms with van der Waals surface area (Å²) in [5.41, 5.74) is 2.02. The molecular formula is C39H52F2N2O4. The molecule has 0 aliphatic heterocycles. The van der Waals surface area contributed by atoms with Gasteiger partial charge in [-0.3, -0.25) is 9.59 Å². The lowest BCUT2D eigenvalue weighted by Gasteiger charge is -2.58. The second-order valence-corrected chi connectivity index (χ2v) is 16.3. The number of esters is 1. The van der Waals surface area contributed by atoms with Crippen LogP contribution < -0.4 is 10.6 Å². The number of benzene rings is 2. The van der Waals surface area contributed by atoms with Crippen molar-refractivity contribution < 1.29 is 28.2 Å². The van der Waals surface area contributed by atoms with Gasteiger partial charge >= 0.3 is 5.97 Å². The van der Waals surface area contributed by atoms with Crippen molar-refractivity contribution in [3.05, 3.63) is 70.8 Å². The van der Waals surface area contributed by atoms with Gasteiger partial charge in [-0.1, -0.05) is 64.3 Å². The van der Waals surface area contributed by atoms with Gasteiger partial charge in [0, 0.05) is 24.1 Å². The molecule has 6 nitrogen and oxygen atoms in total. The quantitative estimate of drug-likeness (QED) is 0.249. The molecule has 8 heteroatoms. The number of halogens is 2. The summed E-state index contributed by atoms with van der Waals surface area (Å²) in [6.07, 6.45) is 8.21. The Morgan fingerprint density at radius 3 is 2.26 bits per heavy atom. The van der Waals surface area contributed by atoms with Crippen LogP contribution in [0.25, 0.3) is 0 Å². The standard InChI is InChI=1S/C39H52F2N2O4/c1-37(2,3)28-9-8-10-29(18-28)39(11-6-5-7-12-39)42-23-33(44)32(17-24-15-30(40)19-31(41)16-24)43-35(45)34-26-13-25-14-27(34)22-38(20-25,21-26)36(46)47-4/h8-10,15-16,18-19,25-27,32-34,42,44H,5-7,11-14,17,20-23H2,1-4H3,(H,43,45). The monoisotopic (exact) mass is 650 g/mol. The summed E-state index contributed by atoms with van der Waals surface area (Å²) in [4.78, 5) is 27.0. The lowest BCUT2D eigenvalue weighted by molar-refractivity contribution is -0.177. The minimum absolute atomic E-state index is 0.00455. The first-order valence-electron chi connectivity index (χ1n) is 17.7. The smallest absolute Gasteiger partial charge is 0.311 e. The Bertz CT molecular complexity index is 1430. The highest BCUT2D eigenvalue weighted by molar-refractivity contribution is 5.82. The zero-order valence-electron chi connectivity index (χ0n) is 28.4. The Morgan fingerprint density at radius 1 is 0.979 bits per heavy atom. The molecule has 1 amide bonds. The third-order valence-corrected chi connectivity index (χ3v) is 12.0. The molecule has 0 heterocycles. The zero-order chi connectivity index (χ0) is 33.6. The van der Waals surface area contributed by atoms with Gasteiger partial charge in [-0.15, -0.1) is 0 Å². The zero-order valence-corrected chi connectivity index (χ0v) is 28.4. The number of hydrogen-bond acceptors (Lipinski definition) is 5. The summed E-state index contributed by atoms with van der Waals surface area (Å²) in [5, 5.41) is 18.7. The minimum atomic E-state index is -1.01. The Kier molecular flexibility index (Phi) is 9.58. The molecule has 47 heavy (non-hydrogen) atoms. The fraction of sp³-hybridized carbons (Fsp3) is 0.641. The van der Waals surface area contributed by atoms with Gasteiger partial charge in [-0.05, 0) is 103 Å². The van der Waals surface area contributed by atoms with Crippen LogP contribution in [0.3, 0.4) is 0 Å². The van der Waals surface area contributed by atoms with Crippen molar-refractivity contribution in [3.63, 3.8) is 0 Å². The maximum absolute atomic E-state index is 14.3.